The summed E-state index contributed by atoms with van der Waals surface area (Å²) in [5.41, 5.74) is -1.68. The molecule has 20 nitrogen and oxygen atoms in total. The number of aliphatic hydroxyl groups excluding tert-OH is 11. The lowest BCUT2D eigenvalue weighted by atomic mass is 9.87. The Labute approximate surface area is 319 Å². The number of ether oxygens (including phenoxy) is 7. The van der Waals surface area contributed by atoms with Crippen LogP contribution >= 0.6 is 0 Å². The van der Waals surface area contributed by atoms with Gasteiger partial charge in [0.25, 0.3) is 0 Å². The van der Waals surface area contributed by atoms with Crippen LogP contribution in [0.5, 0.6) is 0 Å². The molecule has 4 heterocycles. The number of rotatable bonds is 16. The first-order valence-corrected chi connectivity index (χ1v) is 18.6. The zero-order chi connectivity index (χ0) is 41.2. The minimum atomic E-state index is -1.68. The van der Waals surface area contributed by atoms with E-state index >= 15 is 0 Å². The summed E-state index contributed by atoms with van der Waals surface area (Å²) in [5, 5.41) is 123. The Morgan fingerprint density at radius 3 is 1.73 bits per heavy atom. The van der Waals surface area contributed by atoms with E-state index in [0.717, 1.165) is 6.08 Å². The van der Waals surface area contributed by atoms with E-state index in [1.165, 1.54) is 19.8 Å². The summed E-state index contributed by atoms with van der Waals surface area (Å²) in [6.45, 7) is 4.36. The quantitative estimate of drug-likeness (QED) is 0.0701. The predicted octanol–water partition coefficient (Wildman–Crippen LogP) is -4.41. The highest BCUT2D eigenvalue weighted by molar-refractivity contribution is 5.84. The molecule has 0 amide bonds. The largest absolute Gasteiger partial charge is 0.475 e. The van der Waals surface area contributed by atoms with Gasteiger partial charge in [-0.3, -0.25) is 0 Å². The minimum Gasteiger partial charge on any atom is -0.475 e. The van der Waals surface area contributed by atoms with E-state index in [9.17, 15) is 66.1 Å². The highest BCUT2D eigenvalue weighted by Crippen LogP contribution is 2.32. The van der Waals surface area contributed by atoms with E-state index in [2.05, 4.69) is 13.8 Å². The zero-order valence-corrected chi connectivity index (χ0v) is 31.6. The van der Waals surface area contributed by atoms with Crippen molar-refractivity contribution in [2.24, 2.45) is 17.8 Å². The van der Waals surface area contributed by atoms with E-state index in [4.69, 9.17) is 33.2 Å². The van der Waals surface area contributed by atoms with Crippen molar-refractivity contribution in [2.75, 3.05) is 52.9 Å². The fourth-order valence-electron chi connectivity index (χ4n) is 6.80. The van der Waals surface area contributed by atoms with Crippen LogP contribution in [0.25, 0.3) is 0 Å². The summed E-state index contributed by atoms with van der Waals surface area (Å²) in [7, 11) is 0. The number of carboxylic acids is 1. The van der Waals surface area contributed by atoms with Crippen molar-refractivity contribution < 1.29 is 99.2 Å². The lowest BCUT2D eigenvalue weighted by Crippen LogP contribution is -2.59. The molecule has 4 rings (SSSR count). The second kappa shape index (κ2) is 21.9. The van der Waals surface area contributed by atoms with Crippen molar-refractivity contribution in [1.82, 2.24) is 0 Å². The number of hydrogen-bond acceptors (Lipinski definition) is 19. The van der Waals surface area contributed by atoms with Crippen molar-refractivity contribution in [1.29, 1.82) is 0 Å². The maximum atomic E-state index is 11.3. The van der Waals surface area contributed by atoms with Crippen LogP contribution in [0.15, 0.2) is 11.8 Å². The molecular weight excluding hydrogens is 740 g/mol. The van der Waals surface area contributed by atoms with E-state index in [-0.39, 0.29) is 33.0 Å². The van der Waals surface area contributed by atoms with Gasteiger partial charge in [-0.05, 0) is 19.9 Å². The molecule has 14 unspecified atom stereocenters. The first-order valence-electron chi connectivity index (χ1n) is 18.6. The molecule has 322 valence electrons. The molecule has 0 aromatic heterocycles. The van der Waals surface area contributed by atoms with Crippen LogP contribution in [0.1, 0.15) is 40.5 Å². The van der Waals surface area contributed by atoms with Crippen LogP contribution in [0, 0.1) is 17.8 Å². The van der Waals surface area contributed by atoms with Gasteiger partial charge in [-0.1, -0.05) is 26.7 Å². The Bertz CT molecular complexity index is 1170. The first-order chi connectivity index (χ1) is 26.0. The molecule has 0 saturated carbocycles. The lowest BCUT2D eigenvalue weighted by molar-refractivity contribution is -0.281. The van der Waals surface area contributed by atoms with Gasteiger partial charge in [-0.25, -0.2) is 4.79 Å². The predicted molar refractivity (Wildman–Crippen MR) is 185 cm³/mol. The molecule has 4 aliphatic heterocycles. The molecule has 55 heavy (non-hydrogen) atoms. The average molecular weight is 803 g/mol. The molecule has 0 aromatic carbocycles. The highest BCUT2D eigenvalue weighted by Gasteiger charge is 2.49. The SMILES string of the molecule is CC1OC(COC[C@H]2C(O)C(O)OC(CO)C2O)C(O)[C@@H](O)C1COCC1OC(CO)C(COCC2(C)OC(C(=O)O)=C[C@@H](O)C2O)[C@@H](O)C1O.CCCC. The summed E-state index contributed by atoms with van der Waals surface area (Å²) in [6, 6.07) is 0. The van der Waals surface area contributed by atoms with Crippen LogP contribution < -0.4 is 0 Å². The minimum absolute atomic E-state index is 0.174. The lowest BCUT2D eigenvalue weighted by Gasteiger charge is -2.44. The number of hydrogen-bond donors (Lipinski definition) is 12. The maximum absolute atomic E-state index is 11.3. The van der Waals surface area contributed by atoms with Gasteiger partial charge in [0.15, 0.2) is 11.9 Å². The van der Waals surface area contributed by atoms with Crippen LogP contribution in [0.2, 0.25) is 0 Å². The third kappa shape index (κ3) is 11.9. The first kappa shape index (κ1) is 47.7. The Morgan fingerprint density at radius 1 is 0.655 bits per heavy atom. The molecule has 0 aliphatic carbocycles. The van der Waals surface area contributed by atoms with Gasteiger partial charge in [0, 0.05) is 17.8 Å². The Morgan fingerprint density at radius 2 is 1.18 bits per heavy atom. The molecule has 12 N–H and O–H groups in total. The second-order valence-electron chi connectivity index (χ2n) is 14.7. The normalized spacial score (nSPS) is 43.5. The summed E-state index contributed by atoms with van der Waals surface area (Å²) in [5.74, 6) is -4.80. The van der Waals surface area contributed by atoms with E-state index in [1.807, 2.05) is 0 Å². The molecule has 20 heteroatoms. The molecule has 18 atom stereocenters. The summed E-state index contributed by atoms with van der Waals surface area (Å²) >= 11 is 0. The van der Waals surface area contributed by atoms with Crippen molar-refractivity contribution in [2.45, 2.75) is 132 Å². The molecule has 3 saturated heterocycles. The van der Waals surface area contributed by atoms with Gasteiger partial charge >= 0.3 is 5.97 Å². The van der Waals surface area contributed by atoms with Gasteiger partial charge in [0.05, 0.1) is 83.4 Å². The van der Waals surface area contributed by atoms with E-state index in [1.54, 1.807) is 6.92 Å². The average Bonchev–Trinajstić information content (AvgIpc) is 3.15. The molecule has 0 spiro atoms. The third-order valence-corrected chi connectivity index (χ3v) is 10.6. The number of unbranched alkanes of at least 4 members (excludes halogenated alkanes) is 1. The van der Waals surface area contributed by atoms with Gasteiger partial charge in [0.1, 0.15) is 48.8 Å². The van der Waals surface area contributed by atoms with Gasteiger partial charge < -0.3 is 94.4 Å². The Balaban J connectivity index is 0.00000193. The molecule has 0 aromatic rings. The van der Waals surface area contributed by atoms with Crippen molar-refractivity contribution in [3.8, 4) is 0 Å². The maximum Gasteiger partial charge on any atom is 0.370 e. The molecular formula is C35H62O20. The number of carbonyl (C=O) groups is 1. The third-order valence-electron chi connectivity index (χ3n) is 10.6. The highest BCUT2D eigenvalue weighted by atomic mass is 16.6. The van der Waals surface area contributed by atoms with Crippen LogP contribution in [0.3, 0.4) is 0 Å². The Hall–Kier alpha value is -1.67. The fraction of sp³-hybridized carbons (Fsp3) is 0.914. The van der Waals surface area contributed by atoms with Gasteiger partial charge in [-0.15, -0.1) is 0 Å². The topological polar surface area (TPSA) is 324 Å². The van der Waals surface area contributed by atoms with Crippen molar-refractivity contribution in [3.05, 3.63) is 11.8 Å². The summed E-state index contributed by atoms with van der Waals surface area (Å²) in [6.07, 6.45) is -14.9. The smallest absolute Gasteiger partial charge is 0.370 e. The number of carboxylic acid groups (broad SMARTS) is 1. The summed E-state index contributed by atoms with van der Waals surface area (Å²) in [4.78, 5) is 11.3. The standard InChI is InChI=1S/C31H52O20.C4H10/c1-12-13(23(36)26(39)20(48-12)9-46-8-15-22(35)19(5-33)50-30(44)25(15)38)6-45-10-21-27(40)24(37)14(18(4-32)49-21)7-47-11-31(2)28(41)16(34)3-17(51-31)29(42)43;1-3-4-2/h3,12-16,18-28,30,32-41,44H,4-11H2,1-2H3,(H,42,43);3-4H2,1-2H3/t12?,13?,14?,15-,16-,18?,19?,20?,21?,22?,23+,24-,25?,26?,27?,28?,30?,31?;/m1./s1. The van der Waals surface area contributed by atoms with Crippen LogP contribution in [-0.4, -0.2) is 211 Å². The fourth-order valence-corrected chi connectivity index (χ4v) is 6.80. The van der Waals surface area contributed by atoms with E-state index < -0.39 is 141 Å². The van der Waals surface area contributed by atoms with Crippen molar-refractivity contribution >= 4 is 5.97 Å². The van der Waals surface area contributed by atoms with Gasteiger partial charge in [0.2, 0.25) is 5.76 Å². The van der Waals surface area contributed by atoms with Crippen LogP contribution in [0.4, 0.5) is 0 Å². The molecule has 0 bridgehead atoms. The molecule has 3 fully saturated rings. The monoisotopic (exact) mass is 802 g/mol. The second-order valence-corrected chi connectivity index (χ2v) is 14.7. The number of aliphatic carboxylic acids is 1. The van der Waals surface area contributed by atoms with Crippen LogP contribution in [-0.2, 0) is 38.0 Å². The number of aliphatic hydroxyl groups is 11. The molecule has 0 radical (unpaired) electrons. The van der Waals surface area contributed by atoms with E-state index in [0.29, 0.717) is 0 Å². The molecule has 4 aliphatic rings. The summed E-state index contributed by atoms with van der Waals surface area (Å²) < 4.78 is 38.8. The van der Waals surface area contributed by atoms with Crippen molar-refractivity contribution in [3.63, 3.8) is 0 Å². The Kier molecular flexibility index (Phi) is 19.0. The zero-order valence-electron chi connectivity index (χ0n) is 31.6. The van der Waals surface area contributed by atoms with Gasteiger partial charge in [-0.2, -0.15) is 0 Å².